The Bertz CT molecular complexity index is 970. The Morgan fingerprint density at radius 3 is 2.27 bits per heavy atom. The summed E-state index contributed by atoms with van der Waals surface area (Å²) in [5.74, 6) is -0.0140. The van der Waals surface area contributed by atoms with Crippen molar-refractivity contribution in [2.24, 2.45) is 0 Å². The lowest BCUT2D eigenvalue weighted by atomic mass is 9.98. The van der Waals surface area contributed by atoms with Gasteiger partial charge in [0, 0.05) is 12.5 Å². The van der Waals surface area contributed by atoms with Crippen LogP contribution in [0.15, 0.2) is 48.5 Å². The lowest BCUT2D eigenvalue weighted by Crippen LogP contribution is -2.48. The predicted octanol–water partition coefficient (Wildman–Crippen LogP) is 4.29. The molecule has 2 unspecified atom stereocenters. The summed E-state index contributed by atoms with van der Waals surface area (Å²) < 4.78 is 11.0. The van der Waals surface area contributed by atoms with E-state index >= 15 is 0 Å². The monoisotopic (exact) mass is 452 g/mol. The van der Waals surface area contributed by atoms with Crippen molar-refractivity contribution in [2.75, 3.05) is 19.7 Å². The Morgan fingerprint density at radius 1 is 1.06 bits per heavy atom. The highest BCUT2D eigenvalue weighted by Crippen LogP contribution is 2.44. The SMILES string of the molecule is CC(C)(C)OC(=O)NC1CCCN(C(=O)OCC2c3ccccc3-c3ccccc32)CC1O. The van der Waals surface area contributed by atoms with Crippen LogP contribution < -0.4 is 5.32 Å². The van der Waals surface area contributed by atoms with E-state index in [0.717, 1.165) is 11.1 Å². The number of nitrogens with one attached hydrogen (secondary N) is 1. The third-order valence-corrected chi connectivity index (χ3v) is 6.11. The molecule has 1 fully saturated rings. The number of fused-ring (bicyclic) bond motifs is 3. The second kappa shape index (κ2) is 9.43. The van der Waals surface area contributed by atoms with Crippen molar-refractivity contribution in [2.45, 2.75) is 57.3 Å². The van der Waals surface area contributed by atoms with Gasteiger partial charge in [0.25, 0.3) is 0 Å². The van der Waals surface area contributed by atoms with Crippen LogP contribution in [0.25, 0.3) is 11.1 Å². The van der Waals surface area contributed by atoms with E-state index in [9.17, 15) is 14.7 Å². The summed E-state index contributed by atoms with van der Waals surface area (Å²) in [7, 11) is 0. The summed E-state index contributed by atoms with van der Waals surface area (Å²) in [6.07, 6.45) is -0.731. The van der Waals surface area contributed by atoms with Crippen molar-refractivity contribution >= 4 is 12.2 Å². The summed E-state index contributed by atoms with van der Waals surface area (Å²) >= 11 is 0. The lowest BCUT2D eigenvalue weighted by Gasteiger charge is -2.27. The molecule has 33 heavy (non-hydrogen) atoms. The largest absolute Gasteiger partial charge is 0.448 e. The van der Waals surface area contributed by atoms with E-state index in [4.69, 9.17) is 9.47 Å². The molecule has 1 aliphatic carbocycles. The van der Waals surface area contributed by atoms with E-state index in [2.05, 4.69) is 29.6 Å². The van der Waals surface area contributed by atoms with Gasteiger partial charge in [-0.1, -0.05) is 48.5 Å². The number of hydrogen-bond donors (Lipinski definition) is 2. The van der Waals surface area contributed by atoms with Gasteiger partial charge in [0.05, 0.1) is 18.7 Å². The van der Waals surface area contributed by atoms with Crippen LogP contribution in [-0.2, 0) is 9.47 Å². The Hall–Kier alpha value is -3.06. The van der Waals surface area contributed by atoms with E-state index in [-0.39, 0.29) is 19.1 Å². The van der Waals surface area contributed by atoms with E-state index < -0.39 is 29.9 Å². The lowest BCUT2D eigenvalue weighted by molar-refractivity contribution is 0.0385. The number of carbonyl (C=O) groups is 2. The molecule has 0 bridgehead atoms. The molecule has 7 heteroatoms. The minimum Gasteiger partial charge on any atom is -0.448 e. The van der Waals surface area contributed by atoms with Crippen LogP contribution >= 0.6 is 0 Å². The van der Waals surface area contributed by atoms with Gasteiger partial charge in [-0.25, -0.2) is 9.59 Å². The van der Waals surface area contributed by atoms with Crippen molar-refractivity contribution in [3.8, 4) is 11.1 Å². The van der Waals surface area contributed by atoms with Crippen molar-refractivity contribution in [1.82, 2.24) is 10.2 Å². The minimum atomic E-state index is -0.902. The number of amides is 2. The average Bonchev–Trinajstić information content (AvgIpc) is 2.96. The fraction of sp³-hybridized carbons (Fsp3) is 0.462. The highest BCUT2D eigenvalue weighted by molar-refractivity contribution is 5.79. The molecule has 2 aliphatic rings. The van der Waals surface area contributed by atoms with E-state index in [1.165, 1.54) is 16.0 Å². The first kappa shape index (κ1) is 23.1. The van der Waals surface area contributed by atoms with Gasteiger partial charge >= 0.3 is 12.2 Å². The molecule has 0 saturated carbocycles. The van der Waals surface area contributed by atoms with Gasteiger partial charge in [0.15, 0.2) is 0 Å². The number of rotatable bonds is 3. The molecular weight excluding hydrogens is 420 g/mol. The molecule has 4 rings (SSSR count). The minimum absolute atomic E-state index is 0.0140. The Morgan fingerprint density at radius 2 is 1.67 bits per heavy atom. The molecule has 1 heterocycles. The van der Waals surface area contributed by atoms with Gasteiger partial charge < -0.3 is 24.8 Å². The molecule has 1 saturated heterocycles. The Labute approximate surface area is 194 Å². The second-order valence-corrected chi connectivity index (χ2v) is 9.71. The maximum atomic E-state index is 12.9. The Balaban J connectivity index is 1.36. The molecule has 1 aliphatic heterocycles. The first-order valence-electron chi connectivity index (χ1n) is 11.5. The maximum Gasteiger partial charge on any atom is 0.409 e. The second-order valence-electron chi connectivity index (χ2n) is 9.71. The van der Waals surface area contributed by atoms with Crippen LogP contribution in [0.4, 0.5) is 9.59 Å². The summed E-state index contributed by atoms with van der Waals surface area (Å²) in [6.45, 7) is 6.15. The van der Waals surface area contributed by atoms with Gasteiger partial charge in [0.1, 0.15) is 12.2 Å². The average molecular weight is 453 g/mol. The molecule has 7 nitrogen and oxygen atoms in total. The third-order valence-electron chi connectivity index (χ3n) is 6.11. The molecule has 176 valence electrons. The number of benzene rings is 2. The van der Waals surface area contributed by atoms with Crippen LogP contribution in [0.2, 0.25) is 0 Å². The smallest absolute Gasteiger partial charge is 0.409 e. The number of likely N-dealkylation sites (tertiary alicyclic amines) is 1. The van der Waals surface area contributed by atoms with Crippen molar-refractivity contribution < 1.29 is 24.2 Å². The molecule has 0 aromatic heterocycles. The standard InChI is InChI=1S/C26H32N2O5/c1-26(2,3)33-24(30)27-22-13-8-14-28(15-23(22)29)25(31)32-16-21-19-11-6-4-9-17(19)18-10-5-7-12-20(18)21/h4-7,9-12,21-23,29H,8,13-16H2,1-3H3,(H,27,30). The fourth-order valence-electron chi connectivity index (χ4n) is 4.62. The van der Waals surface area contributed by atoms with Gasteiger partial charge in [0.2, 0.25) is 0 Å². The summed E-state index contributed by atoms with van der Waals surface area (Å²) in [5.41, 5.74) is 4.05. The van der Waals surface area contributed by atoms with Crippen LogP contribution in [-0.4, -0.2) is 59.6 Å². The summed E-state index contributed by atoms with van der Waals surface area (Å²) in [5, 5.41) is 13.4. The normalized spacial score (nSPS) is 20.4. The van der Waals surface area contributed by atoms with Crippen LogP contribution in [0, 0.1) is 0 Å². The van der Waals surface area contributed by atoms with Crippen molar-refractivity contribution in [1.29, 1.82) is 0 Å². The van der Waals surface area contributed by atoms with Gasteiger partial charge in [-0.2, -0.15) is 0 Å². The van der Waals surface area contributed by atoms with Crippen molar-refractivity contribution in [3.63, 3.8) is 0 Å². The number of β-amino-alcohol motifs (C(OH)–C–C–N with tert-alkyl or cyclic N) is 1. The number of carbonyl (C=O) groups excluding carboxylic acids is 2. The van der Waals surface area contributed by atoms with Gasteiger partial charge in [-0.05, 0) is 55.9 Å². The quantitative estimate of drug-likeness (QED) is 0.726. The van der Waals surface area contributed by atoms with Gasteiger partial charge in [-0.15, -0.1) is 0 Å². The zero-order valence-corrected chi connectivity index (χ0v) is 19.4. The molecule has 2 aromatic carbocycles. The highest BCUT2D eigenvalue weighted by atomic mass is 16.6. The van der Waals surface area contributed by atoms with Crippen molar-refractivity contribution in [3.05, 3.63) is 59.7 Å². The topological polar surface area (TPSA) is 88.1 Å². The van der Waals surface area contributed by atoms with E-state index in [1.807, 2.05) is 24.3 Å². The maximum absolute atomic E-state index is 12.9. The number of nitrogens with zero attached hydrogens (tertiary/aromatic N) is 1. The molecule has 0 radical (unpaired) electrons. The zero-order chi connectivity index (χ0) is 23.6. The third kappa shape index (κ3) is 5.30. The Kier molecular flexibility index (Phi) is 6.61. The highest BCUT2D eigenvalue weighted by Gasteiger charge is 2.33. The molecule has 2 N–H and O–H groups in total. The number of aliphatic hydroxyl groups excluding tert-OH is 1. The molecule has 2 amide bonds. The summed E-state index contributed by atoms with van der Waals surface area (Å²) in [6, 6.07) is 15.9. The first-order valence-corrected chi connectivity index (χ1v) is 11.5. The van der Waals surface area contributed by atoms with Crippen LogP contribution in [0.3, 0.4) is 0 Å². The molecular formula is C26H32N2O5. The number of alkyl carbamates (subject to hydrolysis) is 1. The molecule has 2 aromatic rings. The number of aliphatic hydroxyl groups is 1. The molecule has 0 spiro atoms. The fourth-order valence-corrected chi connectivity index (χ4v) is 4.62. The molecule has 2 atom stereocenters. The van der Waals surface area contributed by atoms with Crippen LogP contribution in [0.1, 0.15) is 50.7 Å². The summed E-state index contributed by atoms with van der Waals surface area (Å²) in [4.78, 5) is 26.5. The van der Waals surface area contributed by atoms with Gasteiger partial charge in [-0.3, -0.25) is 0 Å². The zero-order valence-electron chi connectivity index (χ0n) is 19.4. The number of hydrogen-bond acceptors (Lipinski definition) is 5. The van der Waals surface area contributed by atoms with E-state index in [0.29, 0.717) is 19.4 Å². The van der Waals surface area contributed by atoms with Crippen LogP contribution in [0.5, 0.6) is 0 Å². The van der Waals surface area contributed by atoms with E-state index in [1.54, 1.807) is 20.8 Å². The predicted molar refractivity (Wildman–Crippen MR) is 125 cm³/mol. The number of ether oxygens (including phenoxy) is 2. The first-order chi connectivity index (χ1) is 15.7.